The first-order chi connectivity index (χ1) is 9.78. The van der Waals surface area contributed by atoms with Crippen molar-refractivity contribution >= 4 is 17.0 Å². The number of rotatable bonds is 7. The first-order valence-electron chi connectivity index (χ1n) is 7.21. The van der Waals surface area contributed by atoms with Crippen molar-refractivity contribution in [3.8, 4) is 0 Å². The van der Waals surface area contributed by atoms with Gasteiger partial charge in [-0.05, 0) is 38.0 Å². The molecule has 0 spiro atoms. The minimum absolute atomic E-state index is 0.328. The quantitative estimate of drug-likeness (QED) is 0.850. The summed E-state index contributed by atoms with van der Waals surface area (Å²) >= 11 is 1.69. The molecule has 1 aromatic heterocycles. The molecule has 2 N–H and O–H groups in total. The average Bonchev–Trinajstić information content (AvgIpc) is 3.01. The van der Waals surface area contributed by atoms with Crippen LogP contribution in [0.5, 0.6) is 0 Å². The molecule has 0 fully saturated rings. The summed E-state index contributed by atoms with van der Waals surface area (Å²) in [7, 11) is 0. The van der Waals surface area contributed by atoms with Crippen LogP contribution in [0.15, 0.2) is 35.8 Å². The van der Waals surface area contributed by atoms with Crippen molar-refractivity contribution in [2.75, 3.05) is 24.5 Å². The number of nitrogens with zero attached hydrogens (tertiary/aromatic N) is 2. The molecule has 0 aliphatic rings. The number of benzene rings is 1. The van der Waals surface area contributed by atoms with Gasteiger partial charge in [-0.1, -0.05) is 12.1 Å². The molecular formula is C16H23N3S. The van der Waals surface area contributed by atoms with Gasteiger partial charge < -0.3 is 10.6 Å². The summed E-state index contributed by atoms with van der Waals surface area (Å²) in [6.07, 6.45) is 2.81. The highest BCUT2D eigenvalue weighted by Crippen LogP contribution is 2.23. The molecule has 20 heavy (non-hydrogen) atoms. The van der Waals surface area contributed by atoms with E-state index in [2.05, 4.69) is 48.0 Å². The molecule has 108 valence electrons. The van der Waals surface area contributed by atoms with Crippen LogP contribution in [0.25, 0.3) is 0 Å². The molecule has 0 amide bonds. The van der Waals surface area contributed by atoms with Gasteiger partial charge in [-0.3, -0.25) is 0 Å². The third-order valence-corrected chi connectivity index (χ3v) is 4.57. The molecule has 0 aliphatic heterocycles. The highest BCUT2D eigenvalue weighted by molar-refractivity contribution is 7.09. The number of anilines is 1. The van der Waals surface area contributed by atoms with Gasteiger partial charge in [-0.15, -0.1) is 11.3 Å². The van der Waals surface area contributed by atoms with Crippen LogP contribution in [0.2, 0.25) is 0 Å². The van der Waals surface area contributed by atoms with Crippen LogP contribution < -0.4 is 10.6 Å². The predicted molar refractivity (Wildman–Crippen MR) is 87.6 cm³/mol. The zero-order valence-corrected chi connectivity index (χ0v) is 13.1. The predicted octanol–water partition coefficient (Wildman–Crippen LogP) is 3.27. The van der Waals surface area contributed by atoms with E-state index in [1.165, 1.54) is 11.3 Å². The zero-order chi connectivity index (χ0) is 14.4. The Morgan fingerprint density at radius 3 is 2.40 bits per heavy atom. The molecule has 0 radical (unpaired) electrons. The van der Waals surface area contributed by atoms with E-state index in [9.17, 15) is 0 Å². The molecule has 1 atom stereocenters. The van der Waals surface area contributed by atoms with Crippen LogP contribution in [0.4, 0.5) is 5.69 Å². The van der Waals surface area contributed by atoms with E-state index in [4.69, 9.17) is 5.73 Å². The van der Waals surface area contributed by atoms with Gasteiger partial charge in [0, 0.05) is 42.8 Å². The normalized spacial score (nSPS) is 12.3. The molecule has 1 aromatic carbocycles. The lowest BCUT2D eigenvalue weighted by atomic mass is 9.99. The molecule has 1 heterocycles. The maximum Gasteiger partial charge on any atom is 0.0971 e. The molecule has 0 aliphatic carbocycles. The second kappa shape index (κ2) is 7.41. The number of hydrogen-bond acceptors (Lipinski definition) is 4. The fourth-order valence-electron chi connectivity index (χ4n) is 2.42. The van der Waals surface area contributed by atoms with Crippen molar-refractivity contribution in [1.29, 1.82) is 0 Å². The summed E-state index contributed by atoms with van der Waals surface area (Å²) in [4.78, 5) is 6.74. The molecule has 0 bridgehead atoms. The maximum atomic E-state index is 5.89. The fourth-order valence-corrected chi connectivity index (χ4v) is 3.18. The second-order valence-electron chi connectivity index (χ2n) is 4.85. The van der Waals surface area contributed by atoms with Gasteiger partial charge in [0.1, 0.15) is 0 Å². The third kappa shape index (κ3) is 3.58. The smallest absolute Gasteiger partial charge is 0.0971 e. The van der Waals surface area contributed by atoms with Gasteiger partial charge in [-0.2, -0.15) is 0 Å². The molecule has 3 nitrogen and oxygen atoms in total. The molecule has 2 rings (SSSR count). The van der Waals surface area contributed by atoms with Crippen molar-refractivity contribution < 1.29 is 0 Å². The van der Waals surface area contributed by atoms with E-state index in [0.29, 0.717) is 12.5 Å². The number of nitrogens with two attached hydrogens (primary N) is 1. The largest absolute Gasteiger partial charge is 0.372 e. The van der Waals surface area contributed by atoms with Gasteiger partial charge in [-0.25, -0.2) is 4.98 Å². The lowest BCUT2D eigenvalue weighted by molar-refractivity contribution is 0.688. The Kier molecular flexibility index (Phi) is 5.56. The van der Waals surface area contributed by atoms with Crippen molar-refractivity contribution in [2.24, 2.45) is 5.73 Å². The number of aromatic nitrogens is 1. The second-order valence-corrected chi connectivity index (χ2v) is 5.77. The van der Waals surface area contributed by atoms with Gasteiger partial charge in [0.15, 0.2) is 0 Å². The Labute approximate surface area is 125 Å². The highest BCUT2D eigenvalue weighted by Gasteiger charge is 2.13. The number of thiazole rings is 1. The number of hydrogen-bond donors (Lipinski definition) is 1. The third-order valence-electron chi connectivity index (χ3n) is 3.63. The standard InChI is InChI=1S/C16H23N3S/c1-3-19(4-2)15-7-5-13(6-8-15)11-14(12-17)16-18-9-10-20-16/h5-10,14H,3-4,11-12,17H2,1-2H3. The van der Waals surface area contributed by atoms with Gasteiger partial charge in [0.25, 0.3) is 0 Å². The average molecular weight is 289 g/mol. The SMILES string of the molecule is CCN(CC)c1ccc(CC(CN)c2nccs2)cc1. The van der Waals surface area contributed by atoms with Crippen molar-refractivity contribution in [3.63, 3.8) is 0 Å². The van der Waals surface area contributed by atoms with E-state index in [0.717, 1.165) is 24.5 Å². The van der Waals surface area contributed by atoms with Crippen LogP contribution in [0.1, 0.15) is 30.3 Å². The van der Waals surface area contributed by atoms with E-state index in [1.54, 1.807) is 11.3 Å². The molecule has 0 saturated carbocycles. The summed E-state index contributed by atoms with van der Waals surface area (Å²) in [6, 6.07) is 8.84. The van der Waals surface area contributed by atoms with E-state index in [1.807, 2.05) is 11.6 Å². The minimum atomic E-state index is 0.328. The summed E-state index contributed by atoms with van der Waals surface area (Å²) in [5.41, 5.74) is 8.51. The zero-order valence-electron chi connectivity index (χ0n) is 12.2. The summed E-state index contributed by atoms with van der Waals surface area (Å²) in [5, 5.41) is 3.15. The lowest BCUT2D eigenvalue weighted by Crippen LogP contribution is -2.21. The molecular weight excluding hydrogens is 266 g/mol. The first kappa shape index (κ1) is 15.0. The summed E-state index contributed by atoms with van der Waals surface area (Å²) < 4.78 is 0. The monoisotopic (exact) mass is 289 g/mol. The molecule has 0 saturated heterocycles. The Morgan fingerprint density at radius 2 is 1.90 bits per heavy atom. The Hall–Kier alpha value is -1.39. The first-order valence-corrected chi connectivity index (χ1v) is 8.09. The maximum absolute atomic E-state index is 5.89. The summed E-state index contributed by atoms with van der Waals surface area (Å²) in [6.45, 7) is 7.10. The van der Waals surface area contributed by atoms with Crippen LogP contribution in [0.3, 0.4) is 0 Å². The van der Waals surface area contributed by atoms with Gasteiger partial charge in [0.05, 0.1) is 5.01 Å². The van der Waals surface area contributed by atoms with Crippen LogP contribution in [-0.2, 0) is 6.42 Å². The van der Waals surface area contributed by atoms with Crippen molar-refractivity contribution in [2.45, 2.75) is 26.2 Å². The van der Waals surface area contributed by atoms with E-state index < -0.39 is 0 Å². The Bertz CT molecular complexity index is 489. The van der Waals surface area contributed by atoms with Crippen molar-refractivity contribution in [3.05, 3.63) is 46.4 Å². The Morgan fingerprint density at radius 1 is 1.20 bits per heavy atom. The van der Waals surface area contributed by atoms with Crippen molar-refractivity contribution in [1.82, 2.24) is 4.98 Å². The van der Waals surface area contributed by atoms with Crippen LogP contribution in [0, 0.1) is 0 Å². The van der Waals surface area contributed by atoms with Gasteiger partial charge in [0.2, 0.25) is 0 Å². The molecule has 1 unspecified atom stereocenters. The fraction of sp³-hybridized carbons (Fsp3) is 0.438. The van der Waals surface area contributed by atoms with Crippen LogP contribution in [-0.4, -0.2) is 24.6 Å². The minimum Gasteiger partial charge on any atom is -0.372 e. The Balaban J connectivity index is 2.06. The molecule has 4 heteroatoms. The van der Waals surface area contributed by atoms with Crippen LogP contribution >= 0.6 is 11.3 Å². The topological polar surface area (TPSA) is 42.1 Å². The van der Waals surface area contributed by atoms with E-state index >= 15 is 0 Å². The van der Waals surface area contributed by atoms with Gasteiger partial charge >= 0.3 is 0 Å². The molecule has 2 aromatic rings. The lowest BCUT2D eigenvalue weighted by Gasteiger charge is -2.21. The van der Waals surface area contributed by atoms with E-state index in [-0.39, 0.29) is 0 Å². The highest BCUT2D eigenvalue weighted by atomic mass is 32.1. The summed E-state index contributed by atoms with van der Waals surface area (Å²) in [5.74, 6) is 0.328.